The largest absolute Gasteiger partial charge is 0.379 e. The van der Waals surface area contributed by atoms with Crippen molar-refractivity contribution in [2.24, 2.45) is 11.7 Å². The molecule has 24 heavy (non-hydrogen) atoms. The monoisotopic (exact) mass is 353 g/mol. The van der Waals surface area contributed by atoms with Crippen molar-refractivity contribution in [3.8, 4) is 0 Å². The van der Waals surface area contributed by atoms with E-state index in [-0.39, 0.29) is 22.8 Å². The van der Waals surface area contributed by atoms with Crippen molar-refractivity contribution >= 4 is 21.6 Å². The third-order valence-electron chi connectivity index (χ3n) is 4.55. The third-order valence-corrected chi connectivity index (χ3v) is 6.45. The summed E-state index contributed by atoms with van der Waals surface area (Å²) >= 11 is 0. The summed E-state index contributed by atoms with van der Waals surface area (Å²) in [5.74, 6) is -0.191. The number of hydrogen-bond acceptors (Lipinski definition) is 5. The van der Waals surface area contributed by atoms with Crippen LogP contribution in [0.5, 0.6) is 0 Å². The lowest BCUT2D eigenvalue weighted by molar-refractivity contribution is -0.119. The molecule has 2 fully saturated rings. The number of hydrogen-bond donors (Lipinski definition) is 2. The van der Waals surface area contributed by atoms with Gasteiger partial charge in [0.25, 0.3) is 0 Å². The molecule has 1 aliphatic heterocycles. The second-order valence-electron chi connectivity index (χ2n) is 6.30. The SMILES string of the molecule is NC1CCC(C(=O)Nc2cccc(S(=O)(=O)N3CCOCC3)c2)C1. The zero-order valence-electron chi connectivity index (χ0n) is 13.5. The Labute approximate surface area is 142 Å². The predicted molar refractivity (Wildman–Crippen MR) is 90.0 cm³/mol. The van der Waals surface area contributed by atoms with Crippen LogP contribution in [0.2, 0.25) is 0 Å². The maximum atomic E-state index is 12.7. The van der Waals surface area contributed by atoms with Crippen molar-refractivity contribution in [2.45, 2.75) is 30.2 Å². The minimum atomic E-state index is -3.57. The maximum Gasteiger partial charge on any atom is 0.243 e. The lowest BCUT2D eigenvalue weighted by atomic mass is 10.1. The smallest absolute Gasteiger partial charge is 0.243 e. The number of nitrogens with zero attached hydrogens (tertiary/aromatic N) is 1. The van der Waals surface area contributed by atoms with Crippen molar-refractivity contribution in [3.63, 3.8) is 0 Å². The molecule has 1 aromatic rings. The average Bonchev–Trinajstić information content (AvgIpc) is 3.02. The van der Waals surface area contributed by atoms with Crippen LogP contribution in [0.4, 0.5) is 5.69 Å². The number of carbonyl (C=O) groups is 1. The molecule has 1 aliphatic carbocycles. The summed E-state index contributed by atoms with van der Waals surface area (Å²) in [5.41, 5.74) is 6.34. The second kappa shape index (κ2) is 7.18. The normalized spacial score (nSPS) is 25.5. The highest BCUT2D eigenvalue weighted by Gasteiger charge is 2.29. The van der Waals surface area contributed by atoms with Gasteiger partial charge in [0.05, 0.1) is 18.1 Å². The number of morpholine rings is 1. The molecule has 2 atom stereocenters. The van der Waals surface area contributed by atoms with Gasteiger partial charge in [0, 0.05) is 30.7 Å². The first kappa shape index (κ1) is 17.3. The Morgan fingerprint density at radius 3 is 2.67 bits per heavy atom. The molecule has 1 saturated heterocycles. The molecule has 0 spiro atoms. The van der Waals surface area contributed by atoms with Gasteiger partial charge in [0.1, 0.15) is 0 Å². The topological polar surface area (TPSA) is 102 Å². The Bertz CT molecular complexity index is 701. The van der Waals surface area contributed by atoms with E-state index in [2.05, 4.69) is 5.32 Å². The van der Waals surface area contributed by atoms with Crippen LogP contribution < -0.4 is 11.1 Å². The molecule has 0 radical (unpaired) electrons. The van der Waals surface area contributed by atoms with Gasteiger partial charge in [-0.3, -0.25) is 4.79 Å². The molecule has 3 N–H and O–H groups in total. The summed E-state index contributed by atoms with van der Waals surface area (Å²) in [4.78, 5) is 12.5. The minimum absolute atomic E-state index is 0.0776. The number of rotatable bonds is 4. The predicted octanol–water partition coefficient (Wildman–Crippen LogP) is 0.773. The number of amides is 1. The number of ether oxygens (including phenoxy) is 1. The fraction of sp³-hybridized carbons (Fsp3) is 0.562. The average molecular weight is 353 g/mol. The van der Waals surface area contributed by atoms with Gasteiger partial charge >= 0.3 is 0 Å². The van der Waals surface area contributed by atoms with E-state index in [4.69, 9.17) is 10.5 Å². The number of anilines is 1. The molecule has 1 saturated carbocycles. The summed E-state index contributed by atoms with van der Waals surface area (Å²) < 4.78 is 31.9. The highest BCUT2D eigenvalue weighted by Crippen LogP contribution is 2.26. The molecule has 3 rings (SSSR count). The first-order valence-electron chi connectivity index (χ1n) is 8.21. The number of sulfonamides is 1. The van der Waals surface area contributed by atoms with Gasteiger partial charge in [0.15, 0.2) is 0 Å². The summed E-state index contributed by atoms with van der Waals surface area (Å²) in [6.07, 6.45) is 2.31. The van der Waals surface area contributed by atoms with Crippen LogP contribution >= 0.6 is 0 Å². The molecular weight excluding hydrogens is 330 g/mol. The van der Waals surface area contributed by atoms with E-state index in [1.54, 1.807) is 18.2 Å². The highest BCUT2D eigenvalue weighted by molar-refractivity contribution is 7.89. The zero-order chi connectivity index (χ0) is 17.2. The lowest BCUT2D eigenvalue weighted by Gasteiger charge is -2.26. The van der Waals surface area contributed by atoms with Crippen LogP contribution in [0.15, 0.2) is 29.2 Å². The fourth-order valence-corrected chi connectivity index (χ4v) is 4.62. The zero-order valence-corrected chi connectivity index (χ0v) is 14.3. The number of nitrogens with one attached hydrogen (secondary N) is 1. The quantitative estimate of drug-likeness (QED) is 0.833. The standard InChI is InChI=1S/C16H23N3O4S/c17-13-5-4-12(10-13)16(20)18-14-2-1-3-15(11-14)24(21,22)19-6-8-23-9-7-19/h1-3,11-13H,4-10,17H2,(H,18,20). The molecule has 132 valence electrons. The van der Waals surface area contributed by atoms with Crippen LogP contribution in [0, 0.1) is 5.92 Å². The Kier molecular flexibility index (Phi) is 5.19. The van der Waals surface area contributed by atoms with E-state index >= 15 is 0 Å². The van der Waals surface area contributed by atoms with Gasteiger partial charge in [-0.2, -0.15) is 4.31 Å². The summed E-state index contributed by atoms with van der Waals surface area (Å²) in [7, 11) is -3.57. The van der Waals surface area contributed by atoms with Crippen LogP contribution in [0.1, 0.15) is 19.3 Å². The van der Waals surface area contributed by atoms with Crippen molar-refractivity contribution in [1.29, 1.82) is 0 Å². The second-order valence-corrected chi connectivity index (χ2v) is 8.24. The van der Waals surface area contributed by atoms with Crippen LogP contribution in [0.25, 0.3) is 0 Å². The molecule has 1 amide bonds. The molecule has 2 unspecified atom stereocenters. The Balaban J connectivity index is 1.73. The van der Waals surface area contributed by atoms with Gasteiger partial charge in [-0.1, -0.05) is 6.07 Å². The van der Waals surface area contributed by atoms with Crippen LogP contribution in [-0.4, -0.2) is 51.0 Å². The third kappa shape index (κ3) is 3.77. The van der Waals surface area contributed by atoms with Crippen molar-refractivity contribution < 1.29 is 17.9 Å². The van der Waals surface area contributed by atoms with Gasteiger partial charge < -0.3 is 15.8 Å². The summed E-state index contributed by atoms with van der Waals surface area (Å²) in [6, 6.07) is 6.48. The van der Waals surface area contributed by atoms with Crippen molar-refractivity contribution in [1.82, 2.24) is 4.31 Å². The van der Waals surface area contributed by atoms with Crippen LogP contribution in [-0.2, 0) is 19.6 Å². The molecule has 1 heterocycles. The highest BCUT2D eigenvalue weighted by atomic mass is 32.2. The molecular formula is C16H23N3O4S. The number of benzene rings is 1. The van der Waals surface area contributed by atoms with Crippen molar-refractivity contribution in [3.05, 3.63) is 24.3 Å². The van der Waals surface area contributed by atoms with E-state index in [9.17, 15) is 13.2 Å². The van der Waals surface area contributed by atoms with Crippen LogP contribution in [0.3, 0.4) is 0 Å². The molecule has 2 aliphatic rings. The molecule has 0 aromatic heterocycles. The molecule has 7 nitrogen and oxygen atoms in total. The number of nitrogens with two attached hydrogens (primary N) is 1. The first-order chi connectivity index (χ1) is 11.5. The van der Waals surface area contributed by atoms with E-state index in [0.29, 0.717) is 38.4 Å². The van der Waals surface area contributed by atoms with Gasteiger partial charge in [-0.15, -0.1) is 0 Å². The van der Waals surface area contributed by atoms with Crippen molar-refractivity contribution in [2.75, 3.05) is 31.6 Å². The molecule has 0 bridgehead atoms. The van der Waals surface area contributed by atoms with Gasteiger partial charge in [-0.05, 0) is 37.5 Å². The minimum Gasteiger partial charge on any atom is -0.379 e. The Hall–Kier alpha value is -1.48. The number of carbonyl (C=O) groups excluding carboxylic acids is 1. The van der Waals surface area contributed by atoms with E-state index < -0.39 is 10.0 Å². The fourth-order valence-electron chi connectivity index (χ4n) is 3.17. The lowest BCUT2D eigenvalue weighted by Crippen LogP contribution is -2.40. The first-order valence-corrected chi connectivity index (χ1v) is 9.65. The Morgan fingerprint density at radius 1 is 1.25 bits per heavy atom. The Morgan fingerprint density at radius 2 is 2.00 bits per heavy atom. The van der Waals surface area contributed by atoms with Gasteiger partial charge in [-0.25, -0.2) is 8.42 Å². The van der Waals surface area contributed by atoms with E-state index in [1.165, 1.54) is 10.4 Å². The molecule has 1 aromatic carbocycles. The maximum absolute atomic E-state index is 12.7. The van der Waals surface area contributed by atoms with Gasteiger partial charge in [0.2, 0.25) is 15.9 Å². The molecule has 8 heteroatoms. The summed E-state index contributed by atoms with van der Waals surface area (Å²) in [6.45, 7) is 1.49. The summed E-state index contributed by atoms with van der Waals surface area (Å²) in [5, 5.41) is 2.82. The van der Waals surface area contributed by atoms with E-state index in [1.807, 2.05) is 0 Å². The van der Waals surface area contributed by atoms with E-state index in [0.717, 1.165) is 12.8 Å².